The van der Waals surface area contributed by atoms with Crippen LogP contribution in [0.3, 0.4) is 0 Å². The van der Waals surface area contributed by atoms with Crippen molar-refractivity contribution in [3.8, 4) is 0 Å². The van der Waals surface area contributed by atoms with Gasteiger partial charge in [0.05, 0.1) is 6.20 Å². The van der Waals surface area contributed by atoms with Crippen molar-refractivity contribution in [1.29, 1.82) is 0 Å². The van der Waals surface area contributed by atoms with Gasteiger partial charge in [0.15, 0.2) is 0 Å². The van der Waals surface area contributed by atoms with Gasteiger partial charge in [-0.3, -0.25) is 9.78 Å². The van der Waals surface area contributed by atoms with Crippen LogP contribution in [0.1, 0.15) is 28.3 Å². The number of aromatic nitrogens is 3. The second-order valence-corrected chi connectivity index (χ2v) is 6.35. The Balaban J connectivity index is 1.50. The Bertz CT molecular complexity index is 654. The largest absolute Gasteiger partial charge is 0.338 e. The van der Waals surface area contributed by atoms with E-state index in [1.165, 1.54) is 5.56 Å². The number of rotatable bonds is 5. The molecule has 0 aliphatic carbocycles. The highest BCUT2D eigenvalue weighted by atomic mass is 16.2. The topological polar surface area (TPSA) is 65.1 Å². The first-order valence-corrected chi connectivity index (χ1v) is 8.00. The van der Waals surface area contributed by atoms with E-state index < -0.39 is 0 Å². The lowest BCUT2D eigenvalue weighted by molar-refractivity contribution is 0.0779. The normalized spacial score (nSPS) is 17.9. The fourth-order valence-electron chi connectivity index (χ4n) is 3.17. The average molecular weight is 313 g/mol. The van der Waals surface area contributed by atoms with E-state index in [0.717, 1.165) is 38.4 Å². The van der Waals surface area contributed by atoms with Crippen molar-refractivity contribution in [2.75, 3.05) is 26.7 Å². The summed E-state index contributed by atoms with van der Waals surface area (Å²) >= 11 is 0. The Morgan fingerprint density at radius 3 is 3.04 bits per heavy atom. The van der Waals surface area contributed by atoms with Crippen LogP contribution in [-0.2, 0) is 6.54 Å². The van der Waals surface area contributed by atoms with Gasteiger partial charge in [-0.2, -0.15) is 0 Å². The third kappa shape index (κ3) is 3.96. The lowest BCUT2D eigenvalue weighted by Gasteiger charge is -2.21. The second kappa shape index (κ2) is 6.91. The summed E-state index contributed by atoms with van der Waals surface area (Å²) in [4.78, 5) is 27.9. The van der Waals surface area contributed by atoms with Gasteiger partial charge in [-0.25, -0.2) is 4.98 Å². The number of hydrogen-bond acceptors (Lipinski definition) is 4. The van der Waals surface area contributed by atoms with E-state index in [1.807, 2.05) is 24.1 Å². The number of amides is 1. The molecule has 2 aromatic heterocycles. The zero-order chi connectivity index (χ0) is 16.2. The fourth-order valence-corrected chi connectivity index (χ4v) is 3.17. The third-order valence-electron chi connectivity index (χ3n) is 4.25. The predicted octanol–water partition coefficient (Wildman–Crippen LogP) is 1.71. The minimum Gasteiger partial charge on any atom is -0.338 e. The molecule has 2 aromatic rings. The Labute approximate surface area is 136 Å². The highest BCUT2D eigenvalue weighted by Crippen LogP contribution is 2.19. The molecule has 1 aliphatic heterocycles. The molecule has 0 aromatic carbocycles. The number of likely N-dealkylation sites (tertiary alicyclic amines) is 1. The first kappa shape index (κ1) is 15.7. The summed E-state index contributed by atoms with van der Waals surface area (Å²) < 4.78 is 0. The van der Waals surface area contributed by atoms with Crippen molar-refractivity contribution in [2.45, 2.75) is 19.9 Å². The molecule has 1 N–H and O–H groups in total. The second-order valence-electron chi connectivity index (χ2n) is 6.35. The summed E-state index contributed by atoms with van der Waals surface area (Å²) in [5, 5.41) is 0. The lowest BCUT2D eigenvalue weighted by atomic mass is 10.1. The zero-order valence-electron chi connectivity index (χ0n) is 13.7. The Kier molecular flexibility index (Phi) is 4.71. The van der Waals surface area contributed by atoms with Crippen molar-refractivity contribution >= 4 is 5.91 Å². The van der Waals surface area contributed by atoms with Crippen molar-refractivity contribution in [3.63, 3.8) is 0 Å². The number of hydrogen-bond donors (Lipinski definition) is 1. The van der Waals surface area contributed by atoms with Crippen molar-refractivity contribution in [1.82, 2.24) is 24.8 Å². The van der Waals surface area contributed by atoms with Crippen LogP contribution in [0.4, 0.5) is 0 Å². The van der Waals surface area contributed by atoms with Crippen LogP contribution in [-0.4, -0.2) is 57.3 Å². The van der Waals surface area contributed by atoms with Crippen LogP contribution < -0.4 is 0 Å². The van der Waals surface area contributed by atoms with E-state index in [0.29, 0.717) is 11.6 Å². The number of nitrogens with zero attached hydrogens (tertiary/aromatic N) is 4. The first-order valence-electron chi connectivity index (χ1n) is 8.00. The van der Waals surface area contributed by atoms with Crippen LogP contribution in [0.2, 0.25) is 0 Å². The van der Waals surface area contributed by atoms with E-state index in [2.05, 4.69) is 33.0 Å². The van der Waals surface area contributed by atoms with Gasteiger partial charge in [0, 0.05) is 38.6 Å². The Morgan fingerprint density at radius 2 is 2.35 bits per heavy atom. The maximum absolute atomic E-state index is 12.4. The summed E-state index contributed by atoms with van der Waals surface area (Å²) in [5.41, 5.74) is 1.81. The number of aryl methyl sites for hydroxylation is 1. The van der Waals surface area contributed by atoms with Crippen molar-refractivity contribution in [2.24, 2.45) is 5.92 Å². The number of imidazole rings is 1. The third-order valence-corrected chi connectivity index (χ3v) is 4.25. The van der Waals surface area contributed by atoms with Gasteiger partial charge in [-0.1, -0.05) is 6.07 Å². The number of nitrogens with one attached hydrogen (secondary N) is 1. The summed E-state index contributed by atoms with van der Waals surface area (Å²) in [6.07, 6.45) is 6.37. The molecule has 3 heterocycles. The first-order chi connectivity index (χ1) is 11.1. The average Bonchev–Trinajstić information content (AvgIpc) is 3.17. The molecule has 6 heteroatoms. The quantitative estimate of drug-likeness (QED) is 0.912. The standard InChI is InChI=1S/C17H23N5O/c1-13-19-9-16(20-13)17(23)22-7-5-15(12-22)11-21(2)10-14-4-3-6-18-8-14/h3-4,6,8-9,15H,5,7,10-12H2,1-2H3,(H,19,20)/t15-/m1/s1. The highest BCUT2D eigenvalue weighted by molar-refractivity contribution is 5.92. The van der Waals surface area contributed by atoms with Crippen LogP contribution >= 0.6 is 0 Å². The molecule has 0 radical (unpaired) electrons. The summed E-state index contributed by atoms with van der Waals surface area (Å²) in [5.74, 6) is 1.35. The van der Waals surface area contributed by atoms with Gasteiger partial charge >= 0.3 is 0 Å². The van der Waals surface area contributed by atoms with Crippen LogP contribution in [0.5, 0.6) is 0 Å². The molecule has 1 aliphatic rings. The fraction of sp³-hybridized carbons (Fsp3) is 0.471. The molecule has 23 heavy (non-hydrogen) atoms. The molecule has 122 valence electrons. The van der Waals surface area contributed by atoms with E-state index in [4.69, 9.17) is 0 Å². The predicted molar refractivity (Wildman–Crippen MR) is 87.9 cm³/mol. The SMILES string of the molecule is Cc1ncc(C(=O)N2CC[C@H](CN(C)Cc3cccnc3)C2)[nH]1. The minimum absolute atomic E-state index is 0.0583. The molecule has 0 unspecified atom stereocenters. The van der Waals surface area contributed by atoms with Crippen molar-refractivity contribution in [3.05, 3.63) is 47.8 Å². The van der Waals surface area contributed by atoms with Gasteiger partial charge in [-0.15, -0.1) is 0 Å². The molecule has 0 bridgehead atoms. The van der Waals surface area contributed by atoms with Gasteiger partial charge in [0.25, 0.3) is 5.91 Å². The molecule has 1 saturated heterocycles. The van der Waals surface area contributed by atoms with E-state index in [-0.39, 0.29) is 5.91 Å². The van der Waals surface area contributed by atoms with Crippen LogP contribution in [0, 0.1) is 12.8 Å². The molecular weight excluding hydrogens is 290 g/mol. The minimum atomic E-state index is 0.0583. The number of carbonyl (C=O) groups excluding carboxylic acids is 1. The van der Waals surface area contributed by atoms with Gasteiger partial charge < -0.3 is 14.8 Å². The molecule has 3 rings (SSSR count). The Hall–Kier alpha value is -2.21. The van der Waals surface area contributed by atoms with Gasteiger partial charge in [0.1, 0.15) is 11.5 Å². The van der Waals surface area contributed by atoms with Crippen LogP contribution in [0.15, 0.2) is 30.7 Å². The molecule has 0 spiro atoms. The van der Waals surface area contributed by atoms with E-state index in [1.54, 1.807) is 12.4 Å². The molecule has 1 fully saturated rings. The monoisotopic (exact) mass is 313 g/mol. The molecule has 1 atom stereocenters. The summed E-state index contributed by atoms with van der Waals surface area (Å²) in [6.45, 7) is 5.37. The van der Waals surface area contributed by atoms with Gasteiger partial charge in [0.2, 0.25) is 0 Å². The summed E-state index contributed by atoms with van der Waals surface area (Å²) in [7, 11) is 2.12. The number of carbonyl (C=O) groups is 1. The molecular formula is C17H23N5O. The molecule has 0 saturated carbocycles. The van der Waals surface area contributed by atoms with Gasteiger partial charge in [-0.05, 0) is 37.9 Å². The maximum atomic E-state index is 12.4. The van der Waals surface area contributed by atoms with E-state index >= 15 is 0 Å². The lowest BCUT2D eigenvalue weighted by Crippen LogP contribution is -2.31. The van der Waals surface area contributed by atoms with Crippen LogP contribution in [0.25, 0.3) is 0 Å². The zero-order valence-corrected chi connectivity index (χ0v) is 13.7. The number of pyridine rings is 1. The Morgan fingerprint density at radius 1 is 1.48 bits per heavy atom. The van der Waals surface area contributed by atoms with E-state index in [9.17, 15) is 4.79 Å². The number of aromatic amines is 1. The maximum Gasteiger partial charge on any atom is 0.271 e. The molecule has 6 nitrogen and oxygen atoms in total. The van der Waals surface area contributed by atoms with Crippen molar-refractivity contribution < 1.29 is 4.79 Å². The number of H-pyrrole nitrogens is 1. The summed E-state index contributed by atoms with van der Waals surface area (Å²) in [6, 6.07) is 4.06. The molecule has 1 amide bonds. The smallest absolute Gasteiger partial charge is 0.271 e. The highest BCUT2D eigenvalue weighted by Gasteiger charge is 2.28.